The molecule has 0 aliphatic heterocycles. The second-order valence-electron chi connectivity index (χ2n) is 4.83. The standard InChI is InChI=1S/C15H18ClFN2O/c1-10-11(5-6-20-10)9-19(2)15(8-18)13-7-12(16)3-4-14(13)17/h3-7,15H,8-9,18H2,1-2H3. The van der Waals surface area contributed by atoms with Gasteiger partial charge in [0.25, 0.3) is 0 Å². The van der Waals surface area contributed by atoms with Gasteiger partial charge in [-0.3, -0.25) is 4.90 Å². The molecule has 0 radical (unpaired) electrons. The summed E-state index contributed by atoms with van der Waals surface area (Å²) < 4.78 is 19.2. The molecular formula is C15H18ClFN2O. The van der Waals surface area contributed by atoms with Gasteiger partial charge < -0.3 is 10.2 Å². The van der Waals surface area contributed by atoms with Crippen LogP contribution in [-0.4, -0.2) is 18.5 Å². The molecule has 1 unspecified atom stereocenters. The smallest absolute Gasteiger partial charge is 0.128 e. The largest absolute Gasteiger partial charge is 0.469 e. The molecule has 2 aromatic rings. The molecule has 0 aliphatic carbocycles. The summed E-state index contributed by atoms with van der Waals surface area (Å²) in [4.78, 5) is 1.99. The van der Waals surface area contributed by atoms with Gasteiger partial charge in [-0.15, -0.1) is 0 Å². The summed E-state index contributed by atoms with van der Waals surface area (Å²) >= 11 is 5.95. The molecule has 2 N–H and O–H groups in total. The van der Waals surface area contributed by atoms with E-state index < -0.39 is 0 Å². The Balaban J connectivity index is 2.23. The van der Waals surface area contributed by atoms with Crippen molar-refractivity contribution in [1.82, 2.24) is 4.90 Å². The topological polar surface area (TPSA) is 42.4 Å². The van der Waals surface area contributed by atoms with Crippen molar-refractivity contribution in [2.24, 2.45) is 5.73 Å². The van der Waals surface area contributed by atoms with Gasteiger partial charge in [-0.2, -0.15) is 0 Å². The van der Waals surface area contributed by atoms with E-state index in [1.54, 1.807) is 12.3 Å². The van der Waals surface area contributed by atoms with Gasteiger partial charge in [0.15, 0.2) is 0 Å². The van der Waals surface area contributed by atoms with Crippen LogP contribution < -0.4 is 5.73 Å². The number of nitrogens with zero attached hydrogens (tertiary/aromatic N) is 1. The number of hydrogen-bond acceptors (Lipinski definition) is 3. The van der Waals surface area contributed by atoms with E-state index in [1.807, 2.05) is 24.9 Å². The molecule has 2 rings (SSSR count). The summed E-state index contributed by atoms with van der Waals surface area (Å²) in [5.74, 6) is 0.569. The molecular weight excluding hydrogens is 279 g/mol. The van der Waals surface area contributed by atoms with Crippen molar-refractivity contribution in [2.75, 3.05) is 13.6 Å². The Kier molecular flexibility index (Phi) is 4.81. The van der Waals surface area contributed by atoms with Crippen molar-refractivity contribution in [3.05, 3.63) is 58.3 Å². The zero-order valence-corrected chi connectivity index (χ0v) is 12.3. The second-order valence-corrected chi connectivity index (χ2v) is 5.27. The van der Waals surface area contributed by atoms with Crippen LogP contribution in [0.1, 0.15) is 22.9 Å². The lowest BCUT2D eigenvalue weighted by atomic mass is 10.0. The molecule has 0 spiro atoms. The normalized spacial score (nSPS) is 12.9. The van der Waals surface area contributed by atoms with Gasteiger partial charge >= 0.3 is 0 Å². The van der Waals surface area contributed by atoms with Gasteiger partial charge in [-0.1, -0.05) is 11.6 Å². The van der Waals surface area contributed by atoms with E-state index in [-0.39, 0.29) is 11.9 Å². The average molecular weight is 297 g/mol. The van der Waals surface area contributed by atoms with Crippen molar-refractivity contribution < 1.29 is 8.81 Å². The van der Waals surface area contributed by atoms with Crippen molar-refractivity contribution in [2.45, 2.75) is 19.5 Å². The van der Waals surface area contributed by atoms with E-state index in [2.05, 4.69) is 0 Å². The molecule has 0 bridgehead atoms. The Hall–Kier alpha value is -1.36. The van der Waals surface area contributed by atoms with Gasteiger partial charge in [-0.05, 0) is 38.2 Å². The SMILES string of the molecule is Cc1occc1CN(C)C(CN)c1cc(Cl)ccc1F. The van der Waals surface area contributed by atoms with Crippen molar-refractivity contribution in [1.29, 1.82) is 0 Å². The predicted molar refractivity (Wildman–Crippen MR) is 78.1 cm³/mol. The van der Waals surface area contributed by atoms with Crippen LogP contribution in [0.25, 0.3) is 0 Å². The van der Waals surface area contributed by atoms with Crippen LogP contribution in [0.5, 0.6) is 0 Å². The molecule has 0 amide bonds. The number of rotatable bonds is 5. The van der Waals surface area contributed by atoms with E-state index in [4.69, 9.17) is 21.8 Å². The first-order valence-corrected chi connectivity index (χ1v) is 6.79. The molecule has 0 saturated heterocycles. The molecule has 5 heteroatoms. The maximum absolute atomic E-state index is 14.0. The molecule has 0 saturated carbocycles. The maximum atomic E-state index is 14.0. The zero-order chi connectivity index (χ0) is 14.7. The highest BCUT2D eigenvalue weighted by Crippen LogP contribution is 2.26. The third-order valence-electron chi connectivity index (χ3n) is 3.46. The minimum Gasteiger partial charge on any atom is -0.469 e. The molecule has 1 aromatic heterocycles. The van der Waals surface area contributed by atoms with Gasteiger partial charge in [-0.25, -0.2) is 4.39 Å². The number of furan rings is 1. The van der Waals surface area contributed by atoms with Crippen molar-refractivity contribution >= 4 is 11.6 Å². The summed E-state index contributed by atoms with van der Waals surface area (Å²) in [6, 6.07) is 6.22. The lowest BCUT2D eigenvalue weighted by Crippen LogP contribution is -2.31. The van der Waals surface area contributed by atoms with Crippen LogP contribution in [0.15, 0.2) is 34.9 Å². The highest BCUT2D eigenvalue weighted by molar-refractivity contribution is 6.30. The fourth-order valence-corrected chi connectivity index (χ4v) is 2.45. The van der Waals surface area contributed by atoms with E-state index in [9.17, 15) is 4.39 Å². The molecule has 3 nitrogen and oxygen atoms in total. The fourth-order valence-electron chi connectivity index (χ4n) is 2.27. The number of halogens is 2. The molecule has 0 fully saturated rings. The minimum absolute atomic E-state index is 0.233. The number of likely N-dealkylation sites (N-methyl/N-ethyl adjacent to an activating group) is 1. The van der Waals surface area contributed by atoms with Crippen LogP contribution in [0.3, 0.4) is 0 Å². The third-order valence-corrected chi connectivity index (χ3v) is 3.69. The second kappa shape index (κ2) is 6.39. The maximum Gasteiger partial charge on any atom is 0.128 e. The lowest BCUT2D eigenvalue weighted by Gasteiger charge is -2.27. The van der Waals surface area contributed by atoms with Crippen LogP contribution >= 0.6 is 11.6 Å². The first-order chi connectivity index (χ1) is 9.52. The summed E-state index contributed by atoms with van der Waals surface area (Å²) in [5.41, 5.74) is 7.40. The first-order valence-electron chi connectivity index (χ1n) is 6.41. The van der Waals surface area contributed by atoms with E-state index in [1.165, 1.54) is 12.1 Å². The van der Waals surface area contributed by atoms with E-state index in [0.717, 1.165) is 11.3 Å². The summed E-state index contributed by atoms with van der Waals surface area (Å²) in [6.45, 7) is 2.85. The van der Waals surface area contributed by atoms with E-state index in [0.29, 0.717) is 23.7 Å². The Labute approximate surface area is 123 Å². The van der Waals surface area contributed by atoms with E-state index >= 15 is 0 Å². The minimum atomic E-state index is -0.291. The van der Waals surface area contributed by atoms with Crippen molar-refractivity contribution in [3.8, 4) is 0 Å². The van der Waals surface area contributed by atoms with Crippen LogP contribution in [-0.2, 0) is 6.54 Å². The Bertz CT molecular complexity index is 585. The highest BCUT2D eigenvalue weighted by Gasteiger charge is 2.20. The first kappa shape index (κ1) is 15.0. The molecule has 20 heavy (non-hydrogen) atoms. The molecule has 108 valence electrons. The summed E-state index contributed by atoms with van der Waals surface area (Å²) in [7, 11) is 1.91. The molecule has 1 heterocycles. The Morgan fingerprint density at radius 2 is 2.15 bits per heavy atom. The lowest BCUT2D eigenvalue weighted by molar-refractivity contribution is 0.235. The van der Waals surface area contributed by atoms with Gasteiger partial charge in [0.05, 0.1) is 6.26 Å². The fraction of sp³-hybridized carbons (Fsp3) is 0.333. The predicted octanol–water partition coefficient (Wildman–Crippen LogP) is 3.51. The third kappa shape index (κ3) is 3.20. The number of hydrogen-bond donors (Lipinski definition) is 1. The summed E-state index contributed by atoms with van der Waals surface area (Å²) in [5, 5.41) is 0.507. The highest BCUT2D eigenvalue weighted by atomic mass is 35.5. The zero-order valence-electron chi connectivity index (χ0n) is 11.6. The Morgan fingerprint density at radius 3 is 2.75 bits per heavy atom. The van der Waals surface area contributed by atoms with Gasteiger partial charge in [0, 0.05) is 35.3 Å². The number of benzene rings is 1. The number of nitrogens with two attached hydrogens (primary N) is 1. The van der Waals surface area contributed by atoms with Gasteiger partial charge in [0.2, 0.25) is 0 Å². The summed E-state index contributed by atoms with van der Waals surface area (Å²) in [6.07, 6.45) is 1.65. The van der Waals surface area contributed by atoms with Crippen LogP contribution in [0, 0.1) is 12.7 Å². The monoisotopic (exact) mass is 296 g/mol. The molecule has 1 aromatic carbocycles. The average Bonchev–Trinajstić information content (AvgIpc) is 2.80. The molecule has 0 aliphatic rings. The quantitative estimate of drug-likeness (QED) is 0.918. The Morgan fingerprint density at radius 1 is 1.40 bits per heavy atom. The van der Waals surface area contributed by atoms with Gasteiger partial charge in [0.1, 0.15) is 11.6 Å². The number of aryl methyl sites for hydroxylation is 1. The van der Waals surface area contributed by atoms with Crippen molar-refractivity contribution in [3.63, 3.8) is 0 Å². The molecule has 1 atom stereocenters. The van der Waals surface area contributed by atoms with Crippen LogP contribution in [0.4, 0.5) is 4.39 Å². The van der Waals surface area contributed by atoms with Crippen LogP contribution in [0.2, 0.25) is 5.02 Å².